The molecule has 2 fully saturated rings. The Hall–Kier alpha value is -0.900. The zero-order chi connectivity index (χ0) is 14.2. The number of likely N-dealkylation sites (N-methyl/N-ethyl adjacent to an activating group) is 1. The molecular weight excluding hydrogens is 260 g/mol. The maximum atomic E-state index is 6.00. The summed E-state index contributed by atoms with van der Waals surface area (Å²) in [6.07, 6.45) is 6.89. The molecule has 3 nitrogen and oxygen atoms in total. The Bertz CT molecular complexity index is 504. The molecule has 0 amide bonds. The van der Waals surface area contributed by atoms with Crippen LogP contribution in [0.15, 0.2) is 24.3 Å². The monoisotopic (exact) mass is 286 g/mol. The SMILES string of the molecule is CNC1c2ccccc2CCC1N1CCOC2CCCC21. The van der Waals surface area contributed by atoms with Crippen LogP contribution in [-0.4, -0.2) is 43.3 Å². The average molecular weight is 286 g/mol. The zero-order valence-corrected chi connectivity index (χ0v) is 12.9. The van der Waals surface area contributed by atoms with E-state index in [2.05, 4.69) is 41.5 Å². The second-order valence-electron chi connectivity index (χ2n) is 6.72. The van der Waals surface area contributed by atoms with Gasteiger partial charge in [0.25, 0.3) is 0 Å². The number of ether oxygens (including phenoxy) is 1. The quantitative estimate of drug-likeness (QED) is 0.904. The first kappa shape index (κ1) is 13.7. The topological polar surface area (TPSA) is 24.5 Å². The van der Waals surface area contributed by atoms with Crippen molar-refractivity contribution in [1.82, 2.24) is 10.2 Å². The first-order valence-corrected chi connectivity index (χ1v) is 8.51. The van der Waals surface area contributed by atoms with Gasteiger partial charge in [-0.3, -0.25) is 4.90 Å². The van der Waals surface area contributed by atoms with Gasteiger partial charge in [0.05, 0.1) is 12.7 Å². The smallest absolute Gasteiger partial charge is 0.0731 e. The third-order valence-corrected chi connectivity index (χ3v) is 5.75. The molecule has 0 radical (unpaired) electrons. The first-order valence-electron chi connectivity index (χ1n) is 8.51. The van der Waals surface area contributed by atoms with Crippen LogP contribution in [0.2, 0.25) is 0 Å². The maximum Gasteiger partial charge on any atom is 0.0731 e. The summed E-state index contributed by atoms with van der Waals surface area (Å²) >= 11 is 0. The lowest BCUT2D eigenvalue weighted by molar-refractivity contribution is -0.0791. The molecule has 21 heavy (non-hydrogen) atoms. The third kappa shape index (κ3) is 2.32. The minimum absolute atomic E-state index is 0.467. The lowest BCUT2D eigenvalue weighted by Gasteiger charge is -2.47. The summed E-state index contributed by atoms with van der Waals surface area (Å²) in [7, 11) is 2.12. The van der Waals surface area contributed by atoms with Gasteiger partial charge in [-0.05, 0) is 50.3 Å². The van der Waals surface area contributed by atoms with Crippen molar-refractivity contribution in [3.8, 4) is 0 Å². The molecule has 1 aromatic rings. The van der Waals surface area contributed by atoms with E-state index in [1.807, 2.05) is 0 Å². The first-order chi connectivity index (χ1) is 10.4. The number of fused-ring (bicyclic) bond motifs is 2. The van der Waals surface area contributed by atoms with Gasteiger partial charge in [-0.1, -0.05) is 24.3 Å². The normalized spacial score (nSPS) is 36.2. The van der Waals surface area contributed by atoms with Crippen LogP contribution in [-0.2, 0) is 11.2 Å². The average Bonchev–Trinajstić information content (AvgIpc) is 3.02. The predicted octanol–water partition coefficient (Wildman–Crippen LogP) is 2.52. The second-order valence-corrected chi connectivity index (χ2v) is 6.72. The highest BCUT2D eigenvalue weighted by Crippen LogP contribution is 2.38. The van der Waals surface area contributed by atoms with Gasteiger partial charge in [-0.25, -0.2) is 0 Å². The van der Waals surface area contributed by atoms with Gasteiger partial charge in [0.1, 0.15) is 0 Å². The standard InChI is InChI=1S/C18H26N2O/c1-19-18-14-6-3-2-5-13(14)9-10-16(18)20-11-12-21-17-8-4-7-15(17)20/h2-3,5-6,15-19H,4,7-12H2,1H3. The summed E-state index contributed by atoms with van der Waals surface area (Å²) in [4.78, 5) is 2.78. The van der Waals surface area contributed by atoms with Crippen LogP contribution >= 0.6 is 0 Å². The number of nitrogens with zero attached hydrogens (tertiary/aromatic N) is 1. The van der Waals surface area contributed by atoms with E-state index in [-0.39, 0.29) is 0 Å². The number of benzene rings is 1. The molecule has 0 spiro atoms. The summed E-state index contributed by atoms with van der Waals surface area (Å²) in [5, 5.41) is 3.60. The molecule has 3 aliphatic rings. The molecule has 114 valence electrons. The van der Waals surface area contributed by atoms with Crippen LogP contribution in [0.3, 0.4) is 0 Å². The molecule has 2 aliphatic carbocycles. The van der Waals surface area contributed by atoms with Crippen LogP contribution < -0.4 is 5.32 Å². The number of aryl methyl sites for hydroxylation is 1. The molecule has 0 aromatic heterocycles. The molecule has 4 unspecified atom stereocenters. The molecule has 3 heteroatoms. The van der Waals surface area contributed by atoms with Gasteiger partial charge in [0, 0.05) is 24.7 Å². The van der Waals surface area contributed by atoms with Gasteiger partial charge >= 0.3 is 0 Å². The molecule has 4 rings (SSSR count). The molecule has 1 heterocycles. The molecule has 0 bridgehead atoms. The van der Waals surface area contributed by atoms with E-state index in [0.717, 1.165) is 13.2 Å². The van der Waals surface area contributed by atoms with E-state index in [1.165, 1.54) is 43.2 Å². The molecule has 4 atom stereocenters. The van der Waals surface area contributed by atoms with Gasteiger partial charge in [-0.15, -0.1) is 0 Å². The number of hydrogen-bond acceptors (Lipinski definition) is 3. The Balaban J connectivity index is 1.63. The van der Waals surface area contributed by atoms with E-state index < -0.39 is 0 Å². The summed E-state index contributed by atoms with van der Waals surface area (Å²) < 4.78 is 6.00. The minimum Gasteiger partial charge on any atom is -0.375 e. The predicted molar refractivity (Wildman–Crippen MR) is 84.4 cm³/mol. The molecular formula is C18H26N2O. The Morgan fingerprint density at radius 1 is 1.14 bits per heavy atom. The summed E-state index contributed by atoms with van der Waals surface area (Å²) in [6, 6.07) is 10.7. The summed E-state index contributed by atoms with van der Waals surface area (Å²) in [5.74, 6) is 0. The van der Waals surface area contributed by atoms with Gasteiger partial charge in [0.15, 0.2) is 0 Å². The minimum atomic E-state index is 0.467. The lowest BCUT2D eigenvalue weighted by atomic mass is 9.82. The largest absolute Gasteiger partial charge is 0.375 e. The van der Waals surface area contributed by atoms with Crippen molar-refractivity contribution >= 4 is 0 Å². The Morgan fingerprint density at radius 2 is 2.05 bits per heavy atom. The van der Waals surface area contributed by atoms with Crippen molar-refractivity contribution in [3.05, 3.63) is 35.4 Å². The highest BCUT2D eigenvalue weighted by Gasteiger charge is 2.42. The lowest BCUT2D eigenvalue weighted by Crippen LogP contribution is -2.57. The Morgan fingerprint density at radius 3 is 2.95 bits per heavy atom. The van der Waals surface area contributed by atoms with Crippen LogP contribution in [0.5, 0.6) is 0 Å². The van der Waals surface area contributed by atoms with Crippen LogP contribution in [0, 0.1) is 0 Å². The Kier molecular flexibility index (Phi) is 3.74. The van der Waals surface area contributed by atoms with E-state index >= 15 is 0 Å². The van der Waals surface area contributed by atoms with Crippen molar-refractivity contribution in [3.63, 3.8) is 0 Å². The van der Waals surface area contributed by atoms with Crippen LogP contribution in [0.4, 0.5) is 0 Å². The highest BCUT2D eigenvalue weighted by molar-refractivity contribution is 5.34. The van der Waals surface area contributed by atoms with Crippen molar-refractivity contribution in [2.24, 2.45) is 0 Å². The number of morpholine rings is 1. The molecule has 1 saturated heterocycles. The fourth-order valence-corrected chi connectivity index (χ4v) is 4.82. The van der Waals surface area contributed by atoms with E-state index in [1.54, 1.807) is 0 Å². The summed E-state index contributed by atoms with van der Waals surface area (Å²) in [5.41, 5.74) is 3.04. The van der Waals surface area contributed by atoms with Crippen molar-refractivity contribution in [2.75, 3.05) is 20.2 Å². The van der Waals surface area contributed by atoms with Gasteiger partial charge < -0.3 is 10.1 Å². The van der Waals surface area contributed by atoms with Crippen molar-refractivity contribution in [1.29, 1.82) is 0 Å². The fraction of sp³-hybridized carbons (Fsp3) is 0.667. The number of hydrogen-bond donors (Lipinski definition) is 1. The maximum absolute atomic E-state index is 6.00. The van der Waals surface area contributed by atoms with Crippen LogP contribution in [0.1, 0.15) is 42.9 Å². The van der Waals surface area contributed by atoms with Crippen LogP contribution in [0.25, 0.3) is 0 Å². The van der Waals surface area contributed by atoms with E-state index in [4.69, 9.17) is 4.74 Å². The van der Waals surface area contributed by atoms with E-state index in [0.29, 0.717) is 24.2 Å². The molecule has 1 aliphatic heterocycles. The fourth-order valence-electron chi connectivity index (χ4n) is 4.82. The van der Waals surface area contributed by atoms with Gasteiger partial charge in [0.2, 0.25) is 0 Å². The number of nitrogens with one attached hydrogen (secondary N) is 1. The van der Waals surface area contributed by atoms with E-state index in [9.17, 15) is 0 Å². The molecule has 1 saturated carbocycles. The van der Waals surface area contributed by atoms with Crippen molar-refractivity contribution < 1.29 is 4.74 Å². The van der Waals surface area contributed by atoms with Gasteiger partial charge in [-0.2, -0.15) is 0 Å². The Labute approximate surface area is 127 Å². The second kappa shape index (κ2) is 5.71. The van der Waals surface area contributed by atoms with Crippen molar-refractivity contribution in [2.45, 2.75) is 56.3 Å². The zero-order valence-electron chi connectivity index (χ0n) is 12.9. The summed E-state index contributed by atoms with van der Waals surface area (Å²) in [6.45, 7) is 2.02. The molecule has 1 aromatic carbocycles. The highest BCUT2D eigenvalue weighted by atomic mass is 16.5. The number of rotatable bonds is 2. The third-order valence-electron chi connectivity index (χ3n) is 5.75. The molecule has 1 N–H and O–H groups in total.